The highest BCUT2D eigenvalue weighted by molar-refractivity contribution is 7.90. The monoisotopic (exact) mass is 359 g/mol. The molecule has 0 bridgehead atoms. The normalized spacial score (nSPS) is 14.0. The van der Waals surface area contributed by atoms with E-state index in [1.807, 2.05) is 27.7 Å². The molecule has 0 aromatic carbocycles. The van der Waals surface area contributed by atoms with Gasteiger partial charge in [0.15, 0.2) is 11.8 Å². The lowest BCUT2D eigenvalue weighted by atomic mass is 10.2. The lowest BCUT2D eigenvalue weighted by molar-refractivity contribution is 0.372. The molecule has 0 radical (unpaired) electrons. The van der Waals surface area contributed by atoms with Gasteiger partial charge in [0.25, 0.3) is 0 Å². The number of guanidine groups is 1. The standard InChI is InChI=1S/C15H29N5O3S/c1-6-16-15(18-12(4)8-10-24(5,21)22)17-9-7-13-19-14(11(2)3)20-23-13/h11-12H,6-10H2,1-5H3,(H2,16,17,18). The smallest absolute Gasteiger partial charge is 0.228 e. The van der Waals surface area contributed by atoms with E-state index in [9.17, 15) is 8.42 Å². The van der Waals surface area contributed by atoms with E-state index in [1.165, 1.54) is 6.26 Å². The van der Waals surface area contributed by atoms with Crippen LogP contribution in [-0.4, -0.2) is 55.7 Å². The van der Waals surface area contributed by atoms with Crippen LogP contribution in [0.3, 0.4) is 0 Å². The molecule has 1 aromatic rings. The zero-order valence-corrected chi connectivity index (χ0v) is 16.0. The fourth-order valence-electron chi connectivity index (χ4n) is 1.88. The van der Waals surface area contributed by atoms with Gasteiger partial charge in [0, 0.05) is 31.2 Å². The van der Waals surface area contributed by atoms with Gasteiger partial charge < -0.3 is 15.2 Å². The summed E-state index contributed by atoms with van der Waals surface area (Å²) in [6.07, 6.45) is 2.34. The van der Waals surface area contributed by atoms with Crippen LogP contribution in [0.5, 0.6) is 0 Å². The molecule has 0 fully saturated rings. The van der Waals surface area contributed by atoms with Gasteiger partial charge in [-0.25, -0.2) is 8.42 Å². The van der Waals surface area contributed by atoms with Crippen LogP contribution in [0, 0.1) is 0 Å². The number of rotatable bonds is 9. The molecular formula is C15H29N5O3S. The van der Waals surface area contributed by atoms with Gasteiger partial charge in [0.05, 0.1) is 12.3 Å². The van der Waals surface area contributed by atoms with Crippen LogP contribution < -0.4 is 10.6 Å². The van der Waals surface area contributed by atoms with Crippen molar-refractivity contribution in [1.82, 2.24) is 20.8 Å². The summed E-state index contributed by atoms with van der Waals surface area (Å²) in [5, 5.41) is 10.3. The first-order valence-corrected chi connectivity index (χ1v) is 10.3. The van der Waals surface area contributed by atoms with E-state index in [2.05, 4.69) is 25.8 Å². The second-order valence-corrected chi connectivity index (χ2v) is 8.44. The summed E-state index contributed by atoms with van der Waals surface area (Å²) in [6.45, 7) is 9.17. The molecule has 1 atom stereocenters. The van der Waals surface area contributed by atoms with Gasteiger partial charge in [-0.1, -0.05) is 19.0 Å². The summed E-state index contributed by atoms with van der Waals surface area (Å²) < 4.78 is 27.6. The summed E-state index contributed by atoms with van der Waals surface area (Å²) in [7, 11) is -2.95. The van der Waals surface area contributed by atoms with Crippen molar-refractivity contribution in [1.29, 1.82) is 0 Å². The number of nitrogens with one attached hydrogen (secondary N) is 2. The predicted molar refractivity (Wildman–Crippen MR) is 95.0 cm³/mol. The van der Waals surface area contributed by atoms with E-state index in [0.717, 1.165) is 6.54 Å². The number of aliphatic imine (C=N–C) groups is 1. The average molecular weight is 359 g/mol. The van der Waals surface area contributed by atoms with Crippen LogP contribution >= 0.6 is 0 Å². The first-order chi connectivity index (χ1) is 11.2. The summed E-state index contributed by atoms with van der Waals surface area (Å²) in [5.74, 6) is 2.32. The lowest BCUT2D eigenvalue weighted by Crippen LogP contribution is -2.43. The van der Waals surface area contributed by atoms with E-state index < -0.39 is 9.84 Å². The molecule has 9 heteroatoms. The first-order valence-electron chi connectivity index (χ1n) is 8.26. The largest absolute Gasteiger partial charge is 0.357 e. The molecule has 1 rings (SSSR count). The Balaban J connectivity index is 2.51. The molecule has 0 saturated heterocycles. The SMILES string of the molecule is CCNC(=NCCc1nc(C(C)C)no1)NC(C)CCS(C)(=O)=O. The summed E-state index contributed by atoms with van der Waals surface area (Å²) in [4.78, 5) is 8.78. The van der Waals surface area contributed by atoms with Gasteiger partial charge in [-0.3, -0.25) is 4.99 Å². The van der Waals surface area contributed by atoms with Crippen molar-refractivity contribution in [3.63, 3.8) is 0 Å². The van der Waals surface area contributed by atoms with Gasteiger partial charge in [0.1, 0.15) is 9.84 Å². The molecule has 0 aliphatic carbocycles. The lowest BCUT2D eigenvalue weighted by Gasteiger charge is -2.17. The highest BCUT2D eigenvalue weighted by Crippen LogP contribution is 2.09. The maximum Gasteiger partial charge on any atom is 0.228 e. The predicted octanol–water partition coefficient (Wildman–Crippen LogP) is 1.11. The zero-order chi connectivity index (χ0) is 18.2. The molecule has 1 heterocycles. The Kier molecular flexibility index (Phi) is 8.17. The molecule has 8 nitrogen and oxygen atoms in total. The third kappa shape index (κ3) is 8.28. The summed E-state index contributed by atoms with van der Waals surface area (Å²) in [6, 6.07) is 0.00785. The van der Waals surface area contributed by atoms with Crippen LogP contribution in [0.1, 0.15) is 51.7 Å². The fraction of sp³-hybridized carbons (Fsp3) is 0.800. The number of nitrogens with zero attached hydrogens (tertiary/aromatic N) is 3. The van der Waals surface area contributed by atoms with Crippen molar-refractivity contribution in [3.05, 3.63) is 11.7 Å². The summed E-state index contributed by atoms with van der Waals surface area (Å²) >= 11 is 0. The Morgan fingerprint density at radius 1 is 1.33 bits per heavy atom. The van der Waals surface area contributed by atoms with Gasteiger partial charge in [-0.05, 0) is 20.3 Å². The van der Waals surface area contributed by atoms with E-state index in [0.29, 0.717) is 37.1 Å². The average Bonchev–Trinajstić information content (AvgIpc) is 2.94. The van der Waals surface area contributed by atoms with Gasteiger partial charge in [-0.2, -0.15) is 4.98 Å². The van der Waals surface area contributed by atoms with Crippen LogP contribution in [0.25, 0.3) is 0 Å². The van der Waals surface area contributed by atoms with Crippen LogP contribution in [0.2, 0.25) is 0 Å². The van der Waals surface area contributed by atoms with Gasteiger partial charge in [0.2, 0.25) is 5.89 Å². The Labute approximate surface area is 144 Å². The quantitative estimate of drug-likeness (QED) is 0.502. The van der Waals surface area contributed by atoms with Crippen molar-refractivity contribution in [3.8, 4) is 0 Å². The van der Waals surface area contributed by atoms with Crippen molar-refractivity contribution < 1.29 is 12.9 Å². The second kappa shape index (κ2) is 9.61. The topological polar surface area (TPSA) is 109 Å². The molecule has 1 aromatic heterocycles. The minimum absolute atomic E-state index is 0.00785. The maximum absolute atomic E-state index is 11.2. The van der Waals surface area contributed by atoms with E-state index in [-0.39, 0.29) is 17.7 Å². The summed E-state index contributed by atoms with van der Waals surface area (Å²) in [5.41, 5.74) is 0. The number of aromatic nitrogens is 2. The Morgan fingerprint density at radius 3 is 2.58 bits per heavy atom. The second-order valence-electron chi connectivity index (χ2n) is 6.18. The molecule has 24 heavy (non-hydrogen) atoms. The van der Waals surface area contributed by atoms with Gasteiger partial charge >= 0.3 is 0 Å². The zero-order valence-electron chi connectivity index (χ0n) is 15.2. The Morgan fingerprint density at radius 2 is 2.04 bits per heavy atom. The molecule has 0 aliphatic rings. The van der Waals surface area contributed by atoms with E-state index in [4.69, 9.17) is 4.52 Å². The molecule has 0 spiro atoms. The third-order valence-electron chi connectivity index (χ3n) is 3.24. The van der Waals surface area contributed by atoms with Crippen molar-refractivity contribution >= 4 is 15.8 Å². The third-order valence-corrected chi connectivity index (χ3v) is 4.22. The molecule has 0 aliphatic heterocycles. The van der Waals surface area contributed by atoms with Crippen molar-refractivity contribution in [2.45, 2.75) is 52.5 Å². The molecular weight excluding hydrogens is 330 g/mol. The van der Waals surface area contributed by atoms with E-state index >= 15 is 0 Å². The maximum atomic E-state index is 11.2. The van der Waals surface area contributed by atoms with Crippen LogP contribution in [0.4, 0.5) is 0 Å². The minimum atomic E-state index is -2.95. The molecule has 0 amide bonds. The van der Waals surface area contributed by atoms with Crippen LogP contribution in [-0.2, 0) is 16.3 Å². The molecule has 138 valence electrons. The highest BCUT2D eigenvalue weighted by Gasteiger charge is 2.11. The van der Waals surface area contributed by atoms with Gasteiger partial charge in [-0.15, -0.1) is 0 Å². The van der Waals surface area contributed by atoms with Crippen molar-refractivity contribution in [2.75, 3.05) is 25.1 Å². The Hall–Kier alpha value is -1.64. The van der Waals surface area contributed by atoms with Crippen LogP contribution in [0.15, 0.2) is 9.52 Å². The number of hydrogen-bond acceptors (Lipinski definition) is 6. The first kappa shape index (κ1) is 20.4. The number of sulfone groups is 1. The molecule has 0 saturated carbocycles. The highest BCUT2D eigenvalue weighted by atomic mass is 32.2. The minimum Gasteiger partial charge on any atom is -0.357 e. The molecule has 2 N–H and O–H groups in total. The molecule has 1 unspecified atom stereocenters. The van der Waals surface area contributed by atoms with E-state index in [1.54, 1.807) is 0 Å². The number of hydrogen-bond donors (Lipinski definition) is 2. The fourth-order valence-corrected chi connectivity index (χ4v) is 2.67. The van der Waals surface area contributed by atoms with Crippen molar-refractivity contribution in [2.24, 2.45) is 4.99 Å². The Bertz CT molecular complexity index is 625.